The van der Waals surface area contributed by atoms with Gasteiger partial charge in [0.1, 0.15) is 11.6 Å². The molecule has 1 aromatic rings. The first-order valence-electron chi connectivity index (χ1n) is 4.95. The van der Waals surface area contributed by atoms with Gasteiger partial charge >= 0.3 is 0 Å². The zero-order chi connectivity index (χ0) is 9.84. The molecule has 0 aliphatic heterocycles. The van der Waals surface area contributed by atoms with Gasteiger partial charge in [0.2, 0.25) is 0 Å². The van der Waals surface area contributed by atoms with Crippen LogP contribution in [-0.4, -0.2) is 9.55 Å². The summed E-state index contributed by atoms with van der Waals surface area (Å²) in [5.41, 5.74) is 5.65. The molecule has 0 radical (unpaired) electrons. The minimum Gasteiger partial charge on any atom is -0.382 e. The van der Waals surface area contributed by atoms with Gasteiger partial charge in [-0.15, -0.1) is 0 Å². The Hall–Kier alpha value is -0.990. The summed E-state index contributed by atoms with van der Waals surface area (Å²) in [7, 11) is 0. The lowest BCUT2D eigenvalue weighted by atomic mass is 10.2. The fourth-order valence-corrected chi connectivity index (χ4v) is 1.45. The molecule has 3 nitrogen and oxygen atoms in total. The Morgan fingerprint density at radius 3 is 2.77 bits per heavy atom. The summed E-state index contributed by atoms with van der Waals surface area (Å²) >= 11 is 0. The second-order valence-electron chi connectivity index (χ2n) is 3.88. The monoisotopic (exact) mass is 181 g/mol. The molecule has 0 bridgehead atoms. The fraction of sp³-hybridized carbons (Fsp3) is 0.700. The van der Waals surface area contributed by atoms with Gasteiger partial charge in [-0.25, -0.2) is 4.98 Å². The van der Waals surface area contributed by atoms with Crippen LogP contribution >= 0.6 is 0 Å². The number of rotatable bonds is 4. The highest BCUT2D eigenvalue weighted by Crippen LogP contribution is 2.10. The molecule has 0 atom stereocenters. The molecule has 0 amide bonds. The lowest BCUT2D eigenvalue weighted by Gasteiger charge is -2.08. The standard InChI is InChI=1S/C10H19N3/c1-4-5-10-12-9(11)7-13(10)6-8(2)3/h7-8H,4-6,11H2,1-3H3. The minimum atomic E-state index is 0.643. The fourth-order valence-electron chi connectivity index (χ4n) is 1.45. The molecule has 0 saturated carbocycles. The van der Waals surface area contributed by atoms with E-state index >= 15 is 0 Å². The lowest BCUT2D eigenvalue weighted by Crippen LogP contribution is -2.07. The van der Waals surface area contributed by atoms with E-state index in [9.17, 15) is 0 Å². The second kappa shape index (κ2) is 4.30. The maximum atomic E-state index is 5.65. The van der Waals surface area contributed by atoms with Crippen LogP contribution in [-0.2, 0) is 13.0 Å². The van der Waals surface area contributed by atoms with E-state index in [4.69, 9.17) is 5.73 Å². The molecule has 74 valence electrons. The Kier molecular flexibility index (Phi) is 3.34. The van der Waals surface area contributed by atoms with Gasteiger partial charge < -0.3 is 10.3 Å². The van der Waals surface area contributed by atoms with Gasteiger partial charge in [0, 0.05) is 19.2 Å². The summed E-state index contributed by atoms with van der Waals surface area (Å²) in [5, 5.41) is 0. The van der Waals surface area contributed by atoms with Crippen LogP contribution in [0, 0.1) is 5.92 Å². The minimum absolute atomic E-state index is 0.643. The van der Waals surface area contributed by atoms with Crippen molar-refractivity contribution in [2.24, 2.45) is 5.92 Å². The number of imidazole rings is 1. The third-order valence-electron chi connectivity index (χ3n) is 1.91. The number of hydrogen-bond donors (Lipinski definition) is 1. The number of aryl methyl sites for hydroxylation is 1. The molecular formula is C10H19N3. The summed E-state index contributed by atoms with van der Waals surface area (Å²) < 4.78 is 2.17. The van der Waals surface area contributed by atoms with E-state index in [1.165, 1.54) is 0 Å². The highest BCUT2D eigenvalue weighted by atomic mass is 15.1. The first-order valence-corrected chi connectivity index (χ1v) is 4.95. The zero-order valence-electron chi connectivity index (χ0n) is 8.75. The molecule has 0 aromatic carbocycles. The van der Waals surface area contributed by atoms with Gasteiger partial charge in [-0.3, -0.25) is 0 Å². The summed E-state index contributed by atoms with van der Waals surface area (Å²) in [4.78, 5) is 4.29. The van der Waals surface area contributed by atoms with Crippen molar-refractivity contribution in [1.82, 2.24) is 9.55 Å². The molecule has 3 heteroatoms. The molecule has 0 saturated heterocycles. The summed E-state index contributed by atoms with van der Waals surface area (Å²) in [6.45, 7) is 7.57. The third-order valence-corrected chi connectivity index (χ3v) is 1.91. The average molecular weight is 181 g/mol. The Morgan fingerprint density at radius 1 is 1.54 bits per heavy atom. The van der Waals surface area contributed by atoms with Crippen LogP contribution in [0.1, 0.15) is 33.0 Å². The normalized spacial score (nSPS) is 11.1. The average Bonchev–Trinajstić information content (AvgIpc) is 2.31. The molecular weight excluding hydrogens is 162 g/mol. The van der Waals surface area contributed by atoms with Crippen LogP contribution in [0.25, 0.3) is 0 Å². The highest BCUT2D eigenvalue weighted by molar-refractivity contribution is 5.26. The summed E-state index contributed by atoms with van der Waals surface area (Å²) in [6, 6.07) is 0. The SMILES string of the molecule is CCCc1nc(N)cn1CC(C)C. The lowest BCUT2D eigenvalue weighted by molar-refractivity contribution is 0.505. The summed E-state index contributed by atoms with van der Waals surface area (Å²) in [5.74, 6) is 2.40. The predicted molar refractivity (Wildman–Crippen MR) is 55.5 cm³/mol. The van der Waals surface area contributed by atoms with Crippen molar-refractivity contribution in [2.45, 2.75) is 40.2 Å². The zero-order valence-corrected chi connectivity index (χ0v) is 8.75. The first-order chi connectivity index (χ1) is 6.13. The second-order valence-corrected chi connectivity index (χ2v) is 3.88. The molecule has 13 heavy (non-hydrogen) atoms. The Labute approximate surface area is 80.0 Å². The van der Waals surface area contributed by atoms with Crippen molar-refractivity contribution in [2.75, 3.05) is 5.73 Å². The number of nitrogens with two attached hydrogens (primary N) is 1. The third kappa shape index (κ3) is 2.76. The van der Waals surface area contributed by atoms with E-state index in [2.05, 4.69) is 30.3 Å². The van der Waals surface area contributed by atoms with E-state index in [1.54, 1.807) is 0 Å². The van der Waals surface area contributed by atoms with Crippen molar-refractivity contribution in [3.63, 3.8) is 0 Å². The Bertz CT molecular complexity index is 263. The number of nitrogens with zero attached hydrogens (tertiary/aromatic N) is 2. The largest absolute Gasteiger partial charge is 0.382 e. The molecule has 1 rings (SSSR count). The molecule has 0 aliphatic carbocycles. The van der Waals surface area contributed by atoms with E-state index in [0.29, 0.717) is 11.7 Å². The molecule has 2 N–H and O–H groups in total. The van der Waals surface area contributed by atoms with Crippen LogP contribution in [0.2, 0.25) is 0 Å². The van der Waals surface area contributed by atoms with E-state index < -0.39 is 0 Å². The van der Waals surface area contributed by atoms with Gasteiger partial charge in [-0.1, -0.05) is 20.8 Å². The molecule has 0 spiro atoms. The van der Waals surface area contributed by atoms with E-state index in [0.717, 1.165) is 25.2 Å². The molecule has 0 unspecified atom stereocenters. The van der Waals surface area contributed by atoms with Crippen LogP contribution in [0.5, 0.6) is 0 Å². The van der Waals surface area contributed by atoms with Gasteiger partial charge in [-0.2, -0.15) is 0 Å². The van der Waals surface area contributed by atoms with Crippen LogP contribution in [0.4, 0.5) is 5.82 Å². The first kappa shape index (κ1) is 10.1. The quantitative estimate of drug-likeness (QED) is 0.772. The molecule has 0 fully saturated rings. The van der Waals surface area contributed by atoms with Gasteiger partial charge in [0.25, 0.3) is 0 Å². The molecule has 1 aromatic heterocycles. The van der Waals surface area contributed by atoms with Crippen molar-refractivity contribution >= 4 is 5.82 Å². The number of hydrogen-bond acceptors (Lipinski definition) is 2. The predicted octanol–water partition coefficient (Wildman–Crippen LogP) is 2.07. The maximum absolute atomic E-state index is 5.65. The van der Waals surface area contributed by atoms with Gasteiger partial charge in [0.05, 0.1) is 0 Å². The smallest absolute Gasteiger partial charge is 0.141 e. The van der Waals surface area contributed by atoms with Crippen LogP contribution in [0.3, 0.4) is 0 Å². The number of nitrogen functional groups attached to an aromatic ring is 1. The number of aromatic nitrogens is 2. The van der Waals surface area contributed by atoms with Gasteiger partial charge in [0.15, 0.2) is 0 Å². The summed E-state index contributed by atoms with van der Waals surface area (Å²) in [6.07, 6.45) is 4.07. The van der Waals surface area contributed by atoms with Crippen molar-refractivity contribution in [3.05, 3.63) is 12.0 Å². The molecule has 1 heterocycles. The molecule has 0 aliphatic rings. The number of anilines is 1. The van der Waals surface area contributed by atoms with E-state index in [-0.39, 0.29) is 0 Å². The van der Waals surface area contributed by atoms with Crippen LogP contribution < -0.4 is 5.73 Å². The van der Waals surface area contributed by atoms with Gasteiger partial charge in [-0.05, 0) is 12.3 Å². The topological polar surface area (TPSA) is 43.8 Å². The Balaban J connectivity index is 2.77. The highest BCUT2D eigenvalue weighted by Gasteiger charge is 2.05. The van der Waals surface area contributed by atoms with Crippen molar-refractivity contribution < 1.29 is 0 Å². The Morgan fingerprint density at radius 2 is 2.23 bits per heavy atom. The van der Waals surface area contributed by atoms with Crippen LogP contribution in [0.15, 0.2) is 6.20 Å². The van der Waals surface area contributed by atoms with E-state index in [1.807, 2.05) is 6.20 Å². The van der Waals surface area contributed by atoms with Crippen molar-refractivity contribution in [3.8, 4) is 0 Å². The van der Waals surface area contributed by atoms with Crippen molar-refractivity contribution in [1.29, 1.82) is 0 Å². The maximum Gasteiger partial charge on any atom is 0.141 e.